The van der Waals surface area contributed by atoms with Crippen LogP contribution in [0.2, 0.25) is 0 Å². The van der Waals surface area contributed by atoms with Gasteiger partial charge in [0.05, 0.1) is 14.7 Å². The van der Waals surface area contributed by atoms with E-state index in [2.05, 4.69) is 52.2 Å². The Kier molecular flexibility index (Phi) is 5.94. The van der Waals surface area contributed by atoms with Gasteiger partial charge in [-0.05, 0) is 71.1 Å². The number of benzene rings is 2. The van der Waals surface area contributed by atoms with E-state index in [-0.39, 0.29) is 12.5 Å². The molecule has 3 rings (SSSR count). The second kappa shape index (κ2) is 8.18. The number of fused-ring (bicyclic) bond motifs is 1. The number of nitrogens with zero attached hydrogens (tertiary/aromatic N) is 1. The summed E-state index contributed by atoms with van der Waals surface area (Å²) in [6, 6.07) is 10.1. The molecule has 1 aromatic heterocycles. The fourth-order valence-corrected chi connectivity index (χ4v) is 4.43. The van der Waals surface area contributed by atoms with Crippen molar-refractivity contribution in [3.8, 4) is 5.75 Å². The molecule has 0 spiro atoms. The smallest absolute Gasteiger partial charge is 0.264 e. The van der Waals surface area contributed by atoms with E-state index in [1.165, 1.54) is 22.5 Å². The largest absolute Gasteiger partial charge is 0.483 e. The second-order valence-corrected chi connectivity index (χ2v) is 8.18. The molecule has 0 bridgehead atoms. The van der Waals surface area contributed by atoms with Crippen LogP contribution in [0, 0.1) is 13.8 Å². The Morgan fingerprint density at radius 2 is 2.08 bits per heavy atom. The highest BCUT2D eigenvalue weighted by molar-refractivity contribution is 9.10. The molecule has 0 saturated heterocycles. The number of nitrogens with one attached hydrogen (secondary N) is 1. The second-order valence-electron chi connectivity index (χ2n) is 6.30. The van der Waals surface area contributed by atoms with Crippen LogP contribution >= 0.6 is 27.3 Å². The van der Waals surface area contributed by atoms with Crippen molar-refractivity contribution in [2.45, 2.75) is 33.6 Å². The summed E-state index contributed by atoms with van der Waals surface area (Å²) in [6.07, 6.45) is 2.12. The molecule has 0 unspecified atom stereocenters. The summed E-state index contributed by atoms with van der Waals surface area (Å²) in [6.45, 7) is 6.18. The molecule has 0 radical (unpaired) electrons. The normalized spacial score (nSPS) is 10.9. The van der Waals surface area contributed by atoms with Gasteiger partial charge in [-0.15, -0.1) is 0 Å². The van der Waals surface area contributed by atoms with Crippen LogP contribution < -0.4 is 10.1 Å². The van der Waals surface area contributed by atoms with Crippen LogP contribution in [0.5, 0.6) is 5.75 Å². The lowest BCUT2D eigenvalue weighted by Gasteiger charge is -2.09. The maximum absolute atomic E-state index is 12.2. The zero-order chi connectivity index (χ0) is 18.7. The van der Waals surface area contributed by atoms with Gasteiger partial charge in [0.25, 0.3) is 5.91 Å². The Morgan fingerprint density at radius 1 is 1.27 bits per heavy atom. The number of halogens is 1. The number of aryl methyl sites for hydroxylation is 3. The highest BCUT2D eigenvalue weighted by Crippen LogP contribution is 2.29. The van der Waals surface area contributed by atoms with Crippen LogP contribution in [0.4, 0.5) is 5.13 Å². The van der Waals surface area contributed by atoms with Gasteiger partial charge in [-0.2, -0.15) is 0 Å². The van der Waals surface area contributed by atoms with Crippen molar-refractivity contribution in [1.82, 2.24) is 4.98 Å². The third-order valence-electron chi connectivity index (χ3n) is 3.97. The van der Waals surface area contributed by atoms with Crippen LogP contribution in [-0.2, 0) is 11.2 Å². The summed E-state index contributed by atoms with van der Waals surface area (Å²) in [5, 5.41) is 3.42. The van der Waals surface area contributed by atoms with E-state index in [4.69, 9.17) is 4.74 Å². The molecule has 0 atom stereocenters. The lowest BCUT2D eigenvalue weighted by Crippen LogP contribution is -2.20. The molecule has 0 aliphatic carbocycles. The van der Waals surface area contributed by atoms with E-state index in [1.807, 2.05) is 25.1 Å². The SMILES string of the molecule is CCCc1ccc(OCC(=O)Nc2nc3c(C)cc(C)cc3s2)c(Br)c1. The fourth-order valence-electron chi connectivity index (χ4n) is 2.83. The minimum absolute atomic E-state index is 0.0559. The van der Waals surface area contributed by atoms with Gasteiger partial charge in [0.15, 0.2) is 11.7 Å². The molecular formula is C20H21BrN2O2S. The molecule has 1 heterocycles. The monoisotopic (exact) mass is 432 g/mol. The molecule has 26 heavy (non-hydrogen) atoms. The zero-order valence-electron chi connectivity index (χ0n) is 15.1. The summed E-state index contributed by atoms with van der Waals surface area (Å²) in [5.41, 5.74) is 4.49. The number of aromatic nitrogens is 1. The van der Waals surface area contributed by atoms with Gasteiger partial charge in [0.1, 0.15) is 5.75 Å². The van der Waals surface area contributed by atoms with Crippen LogP contribution in [-0.4, -0.2) is 17.5 Å². The number of hydrogen-bond donors (Lipinski definition) is 1. The lowest BCUT2D eigenvalue weighted by atomic mass is 10.1. The van der Waals surface area contributed by atoms with E-state index in [9.17, 15) is 4.79 Å². The molecule has 0 saturated carbocycles. The maximum Gasteiger partial charge on any atom is 0.264 e. The van der Waals surface area contributed by atoms with Crippen molar-refractivity contribution in [1.29, 1.82) is 0 Å². The topological polar surface area (TPSA) is 51.2 Å². The average molecular weight is 433 g/mol. The first-order valence-corrected chi connectivity index (χ1v) is 10.2. The Balaban J connectivity index is 1.63. The minimum atomic E-state index is -0.219. The molecule has 1 N–H and O–H groups in total. The number of thiazole rings is 1. The molecular weight excluding hydrogens is 412 g/mol. The van der Waals surface area contributed by atoms with E-state index < -0.39 is 0 Å². The summed E-state index contributed by atoms with van der Waals surface area (Å²) >= 11 is 4.98. The highest BCUT2D eigenvalue weighted by Gasteiger charge is 2.11. The Labute approximate surface area is 165 Å². The first-order valence-electron chi connectivity index (χ1n) is 8.55. The number of carbonyl (C=O) groups is 1. The predicted molar refractivity (Wildman–Crippen MR) is 111 cm³/mol. The van der Waals surface area contributed by atoms with Crippen molar-refractivity contribution in [3.05, 3.63) is 51.5 Å². The third kappa shape index (κ3) is 4.43. The van der Waals surface area contributed by atoms with Crippen LogP contribution in [0.25, 0.3) is 10.2 Å². The average Bonchev–Trinajstić information content (AvgIpc) is 2.97. The molecule has 3 aromatic rings. The van der Waals surface area contributed by atoms with Crippen molar-refractivity contribution >= 4 is 48.5 Å². The molecule has 2 aromatic carbocycles. The first-order chi connectivity index (χ1) is 12.5. The summed E-state index contributed by atoms with van der Waals surface area (Å²) < 4.78 is 7.58. The van der Waals surface area contributed by atoms with Crippen LogP contribution in [0.1, 0.15) is 30.0 Å². The van der Waals surface area contributed by atoms with Crippen LogP contribution in [0.15, 0.2) is 34.8 Å². The van der Waals surface area contributed by atoms with Crippen molar-refractivity contribution in [3.63, 3.8) is 0 Å². The summed E-state index contributed by atoms with van der Waals surface area (Å²) in [5.74, 6) is 0.443. The molecule has 136 valence electrons. The lowest BCUT2D eigenvalue weighted by molar-refractivity contribution is -0.118. The number of rotatable bonds is 6. The van der Waals surface area contributed by atoms with Gasteiger partial charge >= 0.3 is 0 Å². The Hall–Kier alpha value is -1.92. The van der Waals surface area contributed by atoms with E-state index >= 15 is 0 Å². The highest BCUT2D eigenvalue weighted by atomic mass is 79.9. The van der Waals surface area contributed by atoms with Gasteiger partial charge in [-0.3, -0.25) is 10.1 Å². The Bertz CT molecular complexity index is 952. The number of ether oxygens (including phenoxy) is 1. The van der Waals surface area contributed by atoms with Crippen LogP contribution in [0.3, 0.4) is 0 Å². The van der Waals surface area contributed by atoms with E-state index in [1.54, 1.807) is 0 Å². The molecule has 0 fully saturated rings. The fraction of sp³-hybridized carbons (Fsp3) is 0.300. The standard InChI is InChI=1S/C20H21BrN2O2S/c1-4-5-14-6-7-16(15(21)10-14)25-11-18(24)22-20-23-19-13(3)8-12(2)9-17(19)26-20/h6-10H,4-5,11H2,1-3H3,(H,22,23,24). The van der Waals surface area contributed by atoms with E-state index in [0.29, 0.717) is 10.9 Å². The van der Waals surface area contributed by atoms with Gasteiger partial charge in [0, 0.05) is 0 Å². The summed E-state index contributed by atoms with van der Waals surface area (Å²) in [7, 11) is 0. The van der Waals surface area contributed by atoms with Gasteiger partial charge < -0.3 is 4.74 Å². The maximum atomic E-state index is 12.2. The van der Waals surface area contributed by atoms with Crippen molar-refractivity contribution in [2.24, 2.45) is 0 Å². The van der Waals surface area contributed by atoms with Gasteiger partial charge in [-0.25, -0.2) is 4.98 Å². The molecule has 6 heteroatoms. The zero-order valence-corrected chi connectivity index (χ0v) is 17.5. The molecule has 4 nitrogen and oxygen atoms in total. The van der Waals surface area contributed by atoms with E-state index in [0.717, 1.165) is 33.1 Å². The minimum Gasteiger partial charge on any atom is -0.483 e. The predicted octanol–water partition coefficient (Wildman–Crippen LogP) is 5.65. The molecule has 1 amide bonds. The van der Waals surface area contributed by atoms with Crippen molar-refractivity contribution in [2.75, 3.05) is 11.9 Å². The van der Waals surface area contributed by atoms with Gasteiger partial charge in [-0.1, -0.05) is 36.8 Å². The molecule has 0 aliphatic heterocycles. The Morgan fingerprint density at radius 3 is 2.81 bits per heavy atom. The third-order valence-corrected chi connectivity index (χ3v) is 5.51. The van der Waals surface area contributed by atoms with Gasteiger partial charge in [0.2, 0.25) is 0 Å². The quantitative estimate of drug-likeness (QED) is 0.547. The number of anilines is 1. The number of amides is 1. The molecule has 0 aliphatic rings. The number of hydrogen-bond acceptors (Lipinski definition) is 4. The van der Waals surface area contributed by atoms with Crippen molar-refractivity contribution < 1.29 is 9.53 Å². The number of carbonyl (C=O) groups excluding carboxylic acids is 1. The first kappa shape index (κ1) is 18.9. The summed E-state index contributed by atoms with van der Waals surface area (Å²) in [4.78, 5) is 16.7.